The van der Waals surface area contributed by atoms with Crippen LogP contribution in [0.1, 0.15) is 52.0 Å². The van der Waals surface area contributed by atoms with Crippen molar-refractivity contribution >= 4 is 23.1 Å². The van der Waals surface area contributed by atoms with Gasteiger partial charge in [0.2, 0.25) is 0 Å². The van der Waals surface area contributed by atoms with Crippen LogP contribution >= 0.6 is 11.5 Å². The molecule has 1 aliphatic heterocycles. The highest BCUT2D eigenvalue weighted by Crippen LogP contribution is 2.35. The zero-order valence-corrected chi connectivity index (χ0v) is 17.8. The number of carbonyl (C=O) groups is 1. The van der Waals surface area contributed by atoms with Crippen LogP contribution in [-0.4, -0.2) is 53.2 Å². The summed E-state index contributed by atoms with van der Waals surface area (Å²) in [7, 11) is 0. The Morgan fingerprint density at radius 2 is 2.07 bits per heavy atom. The first-order chi connectivity index (χ1) is 14.5. The number of nitrogens with zero attached hydrogens (tertiary/aromatic N) is 7. The molecule has 1 aliphatic rings. The summed E-state index contributed by atoms with van der Waals surface area (Å²) in [5.74, 6) is 0.696. The van der Waals surface area contributed by atoms with Gasteiger partial charge in [0.25, 0.3) is 5.91 Å². The van der Waals surface area contributed by atoms with Crippen LogP contribution in [0.4, 0.5) is 0 Å². The Kier molecular flexibility index (Phi) is 4.58. The summed E-state index contributed by atoms with van der Waals surface area (Å²) < 4.78 is 11.3. The molecule has 5 rings (SSSR count). The second-order valence-corrected chi connectivity index (χ2v) is 8.50. The Morgan fingerprint density at radius 1 is 1.20 bits per heavy atom. The minimum absolute atomic E-state index is 0.0810. The van der Waals surface area contributed by atoms with E-state index in [4.69, 9.17) is 4.52 Å². The summed E-state index contributed by atoms with van der Waals surface area (Å²) in [4.78, 5) is 20.4. The fourth-order valence-corrected chi connectivity index (χ4v) is 4.74. The number of hydrogen-bond acceptors (Lipinski definition) is 8. The number of hydrogen-bond donors (Lipinski definition) is 0. The first kappa shape index (κ1) is 18.9. The molecule has 0 bridgehead atoms. The molecule has 0 N–H and O–H groups in total. The van der Waals surface area contributed by atoms with Gasteiger partial charge in [-0.3, -0.25) is 4.79 Å². The average molecular weight is 424 g/mol. The van der Waals surface area contributed by atoms with Gasteiger partial charge in [-0.2, -0.15) is 5.10 Å². The molecule has 4 aromatic rings. The van der Waals surface area contributed by atoms with Gasteiger partial charge in [-0.05, 0) is 51.2 Å². The SMILES string of the molecule is Cc1cc(-c2snnc2C2CCCN(C(=O)c3cc4nc(C)cc(C)n4n3)C2)on1. The van der Waals surface area contributed by atoms with E-state index in [9.17, 15) is 4.79 Å². The van der Waals surface area contributed by atoms with E-state index < -0.39 is 0 Å². The monoisotopic (exact) mass is 423 g/mol. The van der Waals surface area contributed by atoms with E-state index >= 15 is 0 Å². The normalized spacial score (nSPS) is 17.0. The summed E-state index contributed by atoms with van der Waals surface area (Å²) in [6.07, 6.45) is 1.84. The van der Waals surface area contributed by atoms with Gasteiger partial charge in [0.05, 0.1) is 11.4 Å². The third-order valence-corrected chi connectivity index (χ3v) is 6.17. The maximum Gasteiger partial charge on any atom is 0.274 e. The van der Waals surface area contributed by atoms with Crippen molar-refractivity contribution in [1.82, 2.24) is 34.2 Å². The molecule has 1 atom stereocenters. The summed E-state index contributed by atoms with van der Waals surface area (Å²) in [5.41, 5.74) is 4.65. The highest BCUT2D eigenvalue weighted by atomic mass is 32.1. The highest BCUT2D eigenvalue weighted by Gasteiger charge is 2.31. The summed E-state index contributed by atoms with van der Waals surface area (Å²) in [6, 6.07) is 5.60. The van der Waals surface area contributed by atoms with Crippen molar-refractivity contribution in [1.29, 1.82) is 0 Å². The van der Waals surface area contributed by atoms with E-state index in [0.29, 0.717) is 30.2 Å². The number of piperidine rings is 1. The molecule has 30 heavy (non-hydrogen) atoms. The largest absolute Gasteiger partial charge is 0.355 e. The second-order valence-electron chi connectivity index (χ2n) is 7.75. The fourth-order valence-electron chi connectivity index (χ4n) is 4.04. The van der Waals surface area contributed by atoms with Crippen LogP contribution in [0.3, 0.4) is 0 Å². The van der Waals surface area contributed by atoms with Crippen LogP contribution in [0.2, 0.25) is 0 Å². The van der Waals surface area contributed by atoms with Gasteiger partial charge in [0.1, 0.15) is 4.88 Å². The van der Waals surface area contributed by atoms with Gasteiger partial charge < -0.3 is 9.42 Å². The Balaban J connectivity index is 1.41. The molecule has 1 amide bonds. The lowest BCUT2D eigenvalue weighted by molar-refractivity contribution is 0.0699. The van der Waals surface area contributed by atoms with Crippen molar-refractivity contribution in [3.63, 3.8) is 0 Å². The maximum atomic E-state index is 13.2. The lowest BCUT2D eigenvalue weighted by Crippen LogP contribution is -2.39. The number of fused-ring (bicyclic) bond motifs is 1. The number of carbonyl (C=O) groups excluding carboxylic acids is 1. The lowest BCUT2D eigenvalue weighted by atomic mass is 9.93. The van der Waals surface area contributed by atoms with E-state index in [2.05, 4.69) is 24.8 Å². The average Bonchev–Trinajstić information content (AvgIpc) is 3.46. The fraction of sp³-hybridized carbons (Fsp3) is 0.400. The number of amides is 1. The van der Waals surface area contributed by atoms with Gasteiger partial charge in [-0.15, -0.1) is 5.10 Å². The van der Waals surface area contributed by atoms with Crippen molar-refractivity contribution in [2.75, 3.05) is 13.1 Å². The van der Waals surface area contributed by atoms with Crippen molar-refractivity contribution in [2.24, 2.45) is 0 Å². The molecular formula is C20H21N7O2S. The molecule has 9 nitrogen and oxygen atoms in total. The van der Waals surface area contributed by atoms with Crippen molar-refractivity contribution in [3.8, 4) is 10.6 Å². The minimum Gasteiger partial charge on any atom is -0.355 e. The molecule has 0 spiro atoms. The van der Waals surface area contributed by atoms with Crippen LogP contribution in [0, 0.1) is 20.8 Å². The van der Waals surface area contributed by atoms with Crippen molar-refractivity contribution in [3.05, 3.63) is 46.7 Å². The Labute approximate surface area is 176 Å². The number of aryl methyl sites for hydroxylation is 3. The summed E-state index contributed by atoms with van der Waals surface area (Å²) in [5, 5.41) is 12.8. The van der Waals surface area contributed by atoms with E-state index in [-0.39, 0.29) is 11.8 Å². The summed E-state index contributed by atoms with van der Waals surface area (Å²) >= 11 is 1.30. The van der Waals surface area contributed by atoms with Crippen molar-refractivity contribution in [2.45, 2.75) is 39.5 Å². The smallest absolute Gasteiger partial charge is 0.274 e. The molecule has 1 unspecified atom stereocenters. The van der Waals surface area contributed by atoms with Crippen LogP contribution < -0.4 is 0 Å². The van der Waals surface area contributed by atoms with Crippen LogP contribution in [-0.2, 0) is 0 Å². The number of aromatic nitrogens is 6. The van der Waals surface area contributed by atoms with Gasteiger partial charge in [0.15, 0.2) is 17.1 Å². The zero-order valence-electron chi connectivity index (χ0n) is 17.0. The maximum absolute atomic E-state index is 13.2. The molecule has 154 valence electrons. The molecule has 1 fully saturated rings. The molecule has 0 saturated carbocycles. The van der Waals surface area contributed by atoms with Crippen molar-refractivity contribution < 1.29 is 9.32 Å². The van der Waals surface area contributed by atoms with Gasteiger partial charge in [-0.1, -0.05) is 9.64 Å². The first-order valence-electron chi connectivity index (χ1n) is 9.89. The molecule has 4 aromatic heterocycles. The lowest BCUT2D eigenvalue weighted by Gasteiger charge is -2.31. The minimum atomic E-state index is -0.0810. The molecule has 0 aliphatic carbocycles. The molecular weight excluding hydrogens is 402 g/mol. The second kappa shape index (κ2) is 7.28. The molecule has 10 heteroatoms. The van der Waals surface area contributed by atoms with Crippen LogP contribution in [0.15, 0.2) is 22.7 Å². The van der Waals surface area contributed by atoms with Gasteiger partial charge in [-0.25, -0.2) is 9.50 Å². The molecule has 0 aromatic carbocycles. The van der Waals surface area contributed by atoms with Crippen LogP contribution in [0.25, 0.3) is 16.3 Å². The van der Waals surface area contributed by atoms with E-state index in [1.54, 1.807) is 10.6 Å². The van der Waals surface area contributed by atoms with Gasteiger partial charge in [0, 0.05) is 42.5 Å². The standard InChI is InChI=1S/C20H21N7O2S/c1-11-7-13(3)27-17(21-11)9-15(23-27)20(28)26-6-4-5-14(10-26)18-19(30-25-22-18)16-8-12(2)24-29-16/h7-9,14H,4-6,10H2,1-3H3. The predicted octanol–water partition coefficient (Wildman–Crippen LogP) is 3.18. The number of likely N-dealkylation sites (tertiary alicyclic amines) is 1. The predicted molar refractivity (Wildman–Crippen MR) is 110 cm³/mol. The summed E-state index contributed by atoms with van der Waals surface area (Å²) in [6.45, 7) is 7.05. The zero-order chi connectivity index (χ0) is 20.8. The molecule has 1 saturated heterocycles. The Hall–Kier alpha value is -3.14. The third-order valence-electron chi connectivity index (χ3n) is 5.41. The van der Waals surface area contributed by atoms with Gasteiger partial charge >= 0.3 is 0 Å². The first-order valence-corrected chi connectivity index (χ1v) is 10.7. The third kappa shape index (κ3) is 3.26. The van der Waals surface area contributed by atoms with E-state index in [1.807, 2.05) is 37.8 Å². The topological polar surface area (TPSA) is 102 Å². The van der Waals surface area contributed by atoms with Crippen LogP contribution in [0.5, 0.6) is 0 Å². The van der Waals surface area contributed by atoms with E-state index in [0.717, 1.165) is 40.5 Å². The van der Waals surface area contributed by atoms with E-state index in [1.165, 1.54) is 11.5 Å². The Morgan fingerprint density at radius 3 is 2.87 bits per heavy atom. The molecule has 0 radical (unpaired) electrons. The Bertz CT molecular complexity index is 1240. The molecule has 5 heterocycles. The highest BCUT2D eigenvalue weighted by molar-refractivity contribution is 7.09. The number of rotatable bonds is 3. The quantitative estimate of drug-likeness (QED) is 0.499.